The van der Waals surface area contributed by atoms with Crippen molar-refractivity contribution in [2.75, 3.05) is 20.1 Å². The Morgan fingerprint density at radius 1 is 1.12 bits per heavy atom. The highest BCUT2D eigenvalue weighted by atomic mass is 32.1. The van der Waals surface area contributed by atoms with Gasteiger partial charge in [0.25, 0.3) is 5.56 Å². The number of nitrogens with zero attached hydrogens (tertiary/aromatic N) is 3. The highest BCUT2D eigenvalue weighted by molar-refractivity contribution is 7.17. The van der Waals surface area contributed by atoms with E-state index in [9.17, 15) is 9.59 Å². The van der Waals surface area contributed by atoms with Crippen molar-refractivity contribution in [3.63, 3.8) is 0 Å². The SMILES string of the molecule is Cc1ccc(-c2csc3ncn(CCC(=O)NCCN(C)Cc4ccccc4)c(=O)c23)cc1. The van der Waals surface area contributed by atoms with E-state index in [1.807, 2.05) is 61.8 Å². The second-order valence-electron chi connectivity index (χ2n) is 8.26. The first-order valence-corrected chi connectivity index (χ1v) is 11.9. The van der Waals surface area contributed by atoms with Gasteiger partial charge in [0.2, 0.25) is 5.91 Å². The molecule has 0 aliphatic heterocycles. The number of carbonyl (C=O) groups excluding carboxylic acids is 1. The fraction of sp³-hybridized carbons (Fsp3) is 0.269. The van der Waals surface area contributed by atoms with Crippen molar-refractivity contribution in [3.8, 4) is 11.1 Å². The van der Waals surface area contributed by atoms with Gasteiger partial charge in [0.05, 0.1) is 11.7 Å². The maximum atomic E-state index is 13.1. The molecular formula is C26H28N4O2S. The van der Waals surface area contributed by atoms with Crippen molar-refractivity contribution in [3.05, 3.63) is 87.8 Å². The first kappa shape index (κ1) is 22.9. The Morgan fingerprint density at radius 3 is 2.64 bits per heavy atom. The Hall–Kier alpha value is -3.29. The van der Waals surface area contributed by atoms with Gasteiger partial charge in [0.1, 0.15) is 4.83 Å². The van der Waals surface area contributed by atoms with E-state index >= 15 is 0 Å². The number of likely N-dealkylation sites (N-methyl/N-ethyl adjacent to an activating group) is 1. The Labute approximate surface area is 197 Å². The van der Waals surface area contributed by atoms with Crippen LogP contribution < -0.4 is 10.9 Å². The Morgan fingerprint density at radius 2 is 1.88 bits per heavy atom. The van der Waals surface area contributed by atoms with Crippen molar-refractivity contribution < 1.29 is 4.79 Å². The predicted molar refractivity (Wildman–Crippen MR) is 134 cm³/mol. The first-order chi connectivity index (χ1) is 16.0. The predicted octanol–water partition coefficient (Wildman–Crippen LogP) is 4.07. The van der Waals surface area contributed by atoms with Crippen LogP contribution in [0.3, 0.4) is 0 Å². The third-order valence-corrected chi connectivity index (χ3v) is 6.50. The molecule has 0 aliphatic rings. The molecule has 33 heavy (non-hydrogen) atoms. The van der Waals surface area contributed by atoms with Gasteiger partial charge in [-0.05, 0) is 25.1 Å². The molecule has 4 rings (SSSR count). The van der Waals surface area contributed by atoms with E-state index in [0.29, 0.717) is 18.5 Å². The average Bonchev–Trinajstić information content (AvgIpc) is 3.25. The smallest absolute Gasteiger partial charge is 0.262 e. The topological polar surface area (TPSA) is 67.2 Å². The van der Waals surface area contributed by atoms with Crippen LogP contribution in [0.4, 0.5) is 0 Å². The number of benzene rings is 2. The van der Waals surface area contributed by atoms with E-state index in [2.05, 4.69) is 27.3 Å². The van der Waals surface area contributed by atoms with Crippen LogP contribution in [0.5, 0.6) is 0 Å². The van der Waals surface area contributed by atoms with E-state index in [1.54, 1.807) is 6.33 Å². The largest absolute Gasteiger partial charge is 0.355 e. The Bertz CT molecular complexity index is 1280. The first-order valence-electron chi connectivity index (χ1n) is 11.0. The average molecular weight is 461 g/mol. The number of aromatic nitrogens is 2. The molecule has 2 aromatic carbocycles. The highest BCUT2D eigenvalue weighted by Crippen LogP contribution is 2.30. The van der Waals surface area contributed by atoms with Gasteiger partial charge in [0.15, 0.2) is 0 Å². The Kier molecular flexibility index (Phi) is 7.32. The summed E-state index contributed by atoms with van der Waals surface area (Å²) in [5.74, 6) is -0.0702. The van der Waals surface area contributed by atoms with E-state index in [-0.39, 0.29) is 17.9 Å². The zero-order valence-electron chi connectivity index (χ0n) is 19.0. The number of aryl methyl sites for hydroxylation is 2. The minimum Gasteiger partial charge on any atom is -0.355 e. The lowest BCUT2D eigenvalue weighted by Gasteiger charge is -2.17. The van der Waals surface area contributed by atoms with Crippen LogP contribution in [-0.2, 0) is 17.9 Å². The molecule has 2 heterocycles. The van der Waals surface area contributed by atoms with E-state index in [1.165, 1.54) is 27.0 Å². The molecule has 0 bridgehead atoms. The standard InChI is InChI=1S/C26H28N4O2S/c1-19-8-10-21(11-9-19)22-17-33-25-24(22)26(32)30(18-28-25)14-12-23(31)27-13-15-29(2)16-20-6-4-3-5-7-20/h3-11,17-18H,12-16H2,1-2H3,(H,27,31). The van der Waals surface area contributed by atoms with E-state index < -0.39 is 0 Å². The van der Waals surface area contributed by atoms with Gasteiger partial charge in [-0.25, -0.2) is 4.98 Å². The van der Waals surface area contributed by atoms with Crippen LogP contribution in [0.25, 0.3) is 21.3 Å². The summed E-state index contributed by atoms with van der Waals surface area (Å²) in [6, 6.07) is 18.4. The second kappa shape index (κ2) is 10.6. The molecule has 1 amide bonds. The van der Waals surface area contributed by atoms with Crippen LogP contribution in [0.15, 0.2) is 71.1 Å². The third kappa shape index (κ3) is 5.74. The zero-order valence-corrected chi connectivity index (χ0v) is 19.8. The van der Waals surface area contributed by atoms with Crippen molar-refractivity contribution in [1.29, 1.82) is 0 Å². The van der Waals surface area contributed by atoms with Crippen LogP contribution in [0.1, 0.15) is 17.5 Å². The van der Waals surface area contributed by atoms with E-state index in [0.717, 1.165) is 29.0 Å². The molecule has 0 spiro atoms. The van der Waals surface area contributed by atoms with Crippen molar-refractivity contribution in [2.24, 2.45) is 0 Å². The molecule has 0 fully saturated rings. The number of hydrogen-bond donors (Lipinski definition) is 1. The third-order valence-electron chi connectivity index (χ3n) is 5.61. The normalized spacial score (nSPS) is 11.2. The van der Waals surface area contributed by atoms with Crippen molar-refractivity contribution >= 4 is 27.5 Å². The summed E-state index contributed by atoms with van der Waals surface area (Å²) in [5.41, 5.74) is 4.21. The molecule has 2 aromatic heterocycles. The number of hydrogen-bond acceptors (Lipinski definition) is 5. The quantitative estimate of drug-likeness (QED) is 0.409. The van der Waals surface area contributed by atoms with Gasteiger partial charge < -0.3 is 10.2 Å². The molecule has 7 heteroatoms. The molecule has 6 nitrogen and oxygen atoms in total. The summed E-state index contributed by atoms with van der Waals surface area (Å²) in [6.07, 6.45) is 1.78. The molecule has 1 N–H and O–H groups in total. The molecule has 0 unspecified atom stereocenters. The summed E-state index contributed by atoms with van der Waals surface area (Å²) in [6.45, 7) is 4.49. The molecule has 4 aromatic rings. The molecule has 0 saturated heterocycles. The monoisotopic (exact) mass is 460 g/mol. The molecule has 0 radical (unpaired) electrons. The number of amides is 1. The van der Waals surface area contributed by atoms with Gasteiger partial charge in [-0.1, -0.05) is 60.2 Å². The highest BCUT2D eigenvalue weighted by Gasteiger charge is 2.14. The van der Waals surface area contributed by atoms with Gasteiger partial charge >= 0.3 is 0 Å². The van der Waals surface area contributed by atoms with Gasteiger partial charge in [-0.3, -0.25) is 14.2 Å². The number of fused-ring (bicyclic) bond motifs is 1. The van der Waals surface area contributed by atoms with Crippen LogP contribution in [0, 0.1) is 6.92 Å². The molecule has 170 valence electrons. The van der Waals surface area contributed by atoms with Crippen molar-refractivity contribution in [2.45, 2.75) is 26.4 Å². The minimum absolute atomic E-state index is 0.0702. The van der Waals surface area contributed by atoms with Gasteiger partial charge in [-0.2, -0.15) is 0 Å². The number of rotatable bonds is 9. The fourth-order valence-electron chi connectivity index (χ4n) is 3.74. The van der Waals surface area contributed by atoms with Crippen LogP contribution >= 0.6 is 11.3 Å². The van der Waals surface area contributed by atoms with Crippen molar-refractivity contribution in [1.82, 2.24) is 19.8 Å². The molecular weight excluding hydrogens is 432 g/mol. The second-order valence-corrected chi connectivity index (χ2v) is 9.12. The lowest BCUT2D eigenvalue weighted by atomic mass is 10.1. The Balaban J connectivity index is 1.34. The summed E-state index contributed by atoms with van der Waals surface area (Å²) < 4.78 is 1.54. The number of thiophene rings is 1. The molecule has 0 saturated carbocycles. The zero-order chi connectivity index (χ0) is 23.2. The number of carbonyl (C=O) groups is 1. The van der Waals surface area contributed by atoms with Gasteiger partial charge in [0, 0.05) is 43.5 Å². The van der Waals surface area contributed by atoms with Crippen LogP contribution in [0.2, 0.25) is 0 Å². The maximum absolute atomic E-state index is 13.1. The number of nitrogens with one attached hydrogen (secondary N) is 1. The molecule has 0 atom stereocenters. The summed E-state index contributed by atoms with van der Waals surface area (Å²) in [5, 5.41) is 5.55. The molecule has 0 aliphatic carbocycles. The van der Waals surface area contributed by atoms with E-state index in [4.69, 9.17) is 0 Å². The van der Waals surface area contributed by atoms with Crippen LogP contribution in [-0.4, -0.2) is 40.5 Å². The maximum Gasteiger partial charge on any atom is 0.262 e. The summed E-state index contributed by atoms with van der Waals surface area (Å²) in [7, 11) is 2.03. The minimum atomic E-state index is -0.104. The lowest BCUT2D eigenvalue weighted by molar-refractivity contribution is -0.121. The van der Waals surface area contributed by atoms with Gasteiger partial charge in [-0.15, -0.1) is 11.3 Å². The summed E-state index contributed by atoms with van der Waals surface area (Å²) >= 11 is 1.47. The fourth-order valence-corrected chi connectivity index (χ4v) is 4.65. The lowest BCUT2D eigenvalue weighted by Crippen LogP contribution is -2.33. The summed E-state index contributed by atoms with van der Waals surface area (Å²) in [4.78, 5) is 32.8.